The summed E-state index contributed by atoms with van der Waals surface area (Å²) in [4.78, 5) is 24.6. The molecule has 32 heavy (non-hydrogen) atoms. The minimum absolute atomic E-state index is 0. The van der Waals surface area contributed by atoms with Crippen molar-refractivity contribution >= 4 is 17.6 Å². The molecule has 2 aliphatic rings. The zero-order chi connectivity index (χ0) is 22.5. The zero-order valence-corrected chi connectivity index (χ0v) is 17.3. The van der Waals surface area contributed by atoms with Gasteiger partial charge in [-0.05, 0) is 78.4 Å². The Bertz CT molecular complexity index is 1270. The first-order valence-electron chi connectivity index (χ1n) is 10.3. The molecule has 0 unspecified atom stereocenters. The molecule has 7 heteroatoms. The van der Waals surface area contributed by atoms with Crippen molar-refractivity contribution in [3.05, 3.63) is 71.3 Å². The second kappa shape index (κ2) is 7.30. The summed E-state index contributed by atoms with van der Waals surface area (Å²) >= 11 is 0. The van der Waals surface area contributed by atoms with Crippen LogP contribution in [0.4, 0.5) is 5.69 Å². The van der Waals surface area contributed by atoms with Crippen molar-refractivity contribution in [2.24, 2.45) is 0 Å². The molecule has 0 radical (unpaired) electrons. The lowest BCUT2D eigenvalue weighted by Crippen LogP contribution is -2.27. The average molecular weight is 435 g/mol. The Morgan fingerprint density at radius 1 is 1.00 bits per heavy atom. The molecule has 1 amide bonds. The molecule has 0 bridgehead atoms. The number of aromatic hydroxyl groups is 1. The monoisotopic (exact) mass is 435 g/mol. The maximum atomic E-state index is 13.2. The minimum Gasteiger partial charge on any atom is -0.507 e. The molecule has 5 rings (SSSR count). The molecule has 3 N–H and O–H groups in total. The molecule has 1 heterocycles. The van der Waals surface area contributed by atoms with Gasteiger partial charge < -0.3 is 25.0 Å². The van der Waals surface area contributed by atoms with Crippen molar-refractivity contribution in [1.29, 1.82) is 0 Å². The Labute approximate surface area is 187 Å². The number of fused-ring (bicyclic) bond motifs is 1. The number of aromatic carboxylic acids is 1. The van der Waals surface area contributed by atoms with Crippen LogP contribution in [-0.4, -0.2) is 28.9 Å². The normalized spacial score (nSPS) is 15.3. The van der Waals surface area contributed by atoms with Gasteiger partial charge in [-0.25, -0.2) is 4.79 Å². The van der Waals surface area contributed by atoms with E-state index in [1.165, 1.54) is 12.1 Å². The number of hydrogen-bond acceptors (Lipinski definition) is 5. The molecule has 1 saturated carbocycles. The number of nitrogens with one attached hydrogen (secondary N) is 1. The van der Waals surface area contributed by atoms with Crippen LogP contribution in [0.3, 0.4) is 0 Å². The quantitative estimate of drug-likeness (QED) is 0.523. The first-order chi connectivity index (χ1) is 15.4. The van der Waals surface area contributed by atoms with E-state index in [0.29, 0.717) is 22.7 Å². The molecule has 1 aliphatic carbocycles. The Balaban J connectivity index is 0.00000162. The second-order valence-electron chi connectivity index (χ2n) is 8.17. The number of rotatable bonds is 5. The van der Waals surface area contributed by atoms with Gasteiger partial charge in [0.05, 0.1) is 5.41 Å². The summed E-state index contributed by atoms with van der Waals surface area (Å²) in [7, 11) is 0. The first-order valence-corrected chi connectivity index (χ1v) is 10.3. The molecule has 1 aliphatic heterocycles. The molecule has 1 fully saturated rings. The standard InChI is InChI=1S/C25H21NO6.2H2/c1-14-2-5-17(12-18(14)15-3-6-20(27)19(10-15)23(28)29)26-24(30)25(8-9-25)16-4-7-21-22(11-16)32-13-31-21;;/h2-7,10-12,27H,8-9,13H2,1H3,(H,26,30)(H,28,29);2*1H. The highest BCUT2D eigenvalue weighted by molar-refractivity contribution is 6.02. The van der Waals surface area contributed by atoms with E-state index in [9.17, 15) is 19.8 Å². The fourth-order valence-corrected chi connectivity index (χ4v) is 4.10. The van der Waals surface area contributed by atoms with Crippen molar-refractivity contribution in [3.63, 3.8) is 0 Å². The van der Waals surface area contributed by atoms with Crippen LogP contribution in [0, 0.1) is 6.92 Å². The highest BCUT2D eigenvalue weighted by Crippen LogP contribution is 2.51. The summed E-state index contributed by atoms with van der Waals surface area (Å²) in [5.74, 6) is -0.250. The summed E-state index contributed by atoms with van der Waals surface area (Å²) in [6, 6.07) is 15.6. The number of carbonyl (C=O) groups is 2. The van der Waals surface area contributed by atoms with Crippen LogP contribution in [0.1, 0.15) is 37.2 Å². The second-order valence-corrected chi connectivity index (χ2v) is 8.17. The van der Waals surface area contributed by atoms with Crippen LogP contribution >= 0.6 is 0 Å². The number of benzene rings is 3. The van der Waals surface area contributed by atoms with E-state index >= 15 is 0 Å². The zero-order valence-electron chi connectivity index (χ0n) is 17.3. The van der Waals surface area contributed by atoms with E-state index in [4.69, 9.17) is 9.47 Å². The van der Waals surface area contributed by atoms with Gasteiger partial charge in [-0.2, -0.15) is 0 Å². The molecule has 0 aromatic heterocycles. The summed E-state index contributed by atoms with van der Waals surface area (Å²) in [6.07, 6.45) is 1.49. The van der Waals surface area contributed by atoms with Gasteiger partial charge in [-0.3, -0.25) is 4.79 Å². The third kappa shape index (κ3) is 3.32. The van der Waals surface area contributed by atoms with Gasteiger partial charge in [0, 0.05) is 8.54 Å². The Kier molecular flexibility index (Phi) is 4.55. The van der Waals surface area contributed by atoms with Crippen LogP contribution in [-0.2, 0) is 10.2 Å². The summed E-state index contributed by atoms with van der Waals surface area (Å²) < 4.78 is 10.8. The average Bonchev–Trinajstić information content (AvgIpc) is 3.46. The first kappa shape index (κ1) is 19.9. The molecule has 0 spiro atoms. The highest BCUT2D eigenvalue weighted by Gasteiger charge is 2.51. The van der Waals surface area contributed by atoms with Gasteiger partial charge in [0.25, 0.3) is 0 Å². The lowest BCUT2D eigenvalue weighted by Gasteiger charge is -2.17. The lowest BCUT2D eigenvalue weighted by molar-refractivity contribution is -0.118. The van der Waals surface area contributed by atoms with Crippen LogP contribution < -0.4 is 14.8 Å². The molecular formula is C25H25NO6. The summed E-state index contributed by atoms with van der Waals surface area (Å²) in [5.41, 5.74) is 3.09. The van der Waals surface area contributed by atoms with Crippen molar-refractivity contribution < 1.29 is 32.1 Å². The van der Waals surface area contributed by atoms with Crippen molar-refractivity contribution in [3.8, 4) is 28.4 Å². The van der Waals surface area contributed by atoms with E-state index in [1.807, 2.05) is 43.3 Å². The molecule has 0 atom stereocenters. The SMILES string of the molecule is Cc1ccc(NC(=O)C2(c3ccc4c(c3)OCO4)CC2)cc1-c1ccc(O)c(C(=O)O)c1.[HH].[HH]. The number of carboxylic acid groups (broad SMARTS) is 1. The van der Waals surface area contributed by atoms with Crippen LogP contribution in [0.2, 0.25) is 0 Å². The van der Waals surface area contributed by atoms with Crippen LogP contribution in [0.25, 0.3) is 11.1 Å². The number of phenols is 1. The van der Waals surface area contributed by atoms with Crippen molar-refractivity contribution in [2.75, 3.05) is 12.1 Å². The third-order valence-corrected chi connectivity index (χ3v) is 6.14. The van der Waals surface area contributed by atoms with Crippen LogP contribution in [0.15, 0.2) is 54.6 Å². The van der Waals surface area contributed by atoms with Gasteiger partial charge in [0.15, 0.2) is 11.5 Å². The molecule has 166 valence electrons. The number of ether oxygens (including phenoxy) is 2. The molecule has 3 aromatic carbocycles. The maximum absolute atomic E-state index is 13.2. The smallest absolute Gasteiger partial charge is 0.339 e. The van der Waals surface area contributed by atoms with Crippen LogP contribution in [0.5, 0.6) is 17.2 Å². The predicted molar refractivity (Wildman–Crippen MR) is 122 cm³/mol. The molecule has 7 nitrogen and oxygen atoms in total. The Morgan fingerprint density at radius 3 is 2.53 bits per heavy atom. The number of amides is 1. The van der Waals surface area contributed by atoms with Crippen molar-refractivity contribution in [2.45, 2.75) is 25.2 Å². The van der Waals surface area contributed by atoms with Gasteiger partial charge >= 0.3 is 5.97 Å². The molecule has 3 aromatic rings. The third-order valence-electron chi connectivity index (χ3n) is 6.14. The van der Waals surface area contributed by atoms with E-state index in [1.54, 1.807) is 6.07 Å². The largest absolute Gasteiger partial charge is 0.507 e. The predicted octanol–water partition coefficient (Wildman–Crippen LogP) is 4.96. The topological polar surface area (TPSA) is 105 Å². The van der Waals surface area contributed by atoms with E-state index in [0.717, 1.165) is 29.5 Å². The van der Waals surface area contributed by atoms with Crippen molar-refractivity contribution in [1.82, 2.24) is 0 Å². The summed E-state index contributed by atoms with van der Waals surface area (Å²) in [5, 5.41) is 22.1. The number of anilines is 1. The van der Waals surface area contributed by atoms with E-state index in [2.05, 4.69) is 5.32 Å². The highest BCUT2D eigenvalue weighted by atomic mass is 16.7. The van der Waals surface area contributed by atoms with Gasteiger partial charge in [-0.15, -0.1) is 0 Å². The molecular weight excluding hydrogens is 410 g/mol. The number of carboxylic acids is 1. The number of hydrogen-bond donors (Lipinski definition) is 3. The fraction of sp³-hybridized carbons (Fsp3) is 0.200. The molecule has 0 saturated heterocycles. The Hall–Kier alpha value is -4.00. The number of aryl methyl sites for hydroxylation is 1. The minimum atomic E-state index is -1.20. The van der Waals surface area contributed by atoms with Gasteiger partial charge in [-0.1, -0.05) is 18.2 Å². The van der Waals surface area contributed by atoms with E-state index < -0.39 is 11.4 Å². The Morgan fingerprint density at radius 2 is 1.78 bits per heavy atom. The number of carbonyl (C=O) groups excluding carboxylic acids is 1. The maximum Gasteiger partial charge on any atom is 0.339 e. The fourth-order valence-electron chi connectivity index (χ4n) is 4.10. The van der Waals surface area contributed by atoms with Gasteiger partial charge in [0.2, 0.25) is 12.7 Å². The summed E-state index contributed by atoms with van der Waals surface area (Å²) in [6.45, 7) is 2.09. The van der Waals surface area contributed by atoms with E-state index in [-0.39, 0.29) is 26.9 Å². The lowest BCUT2D eigenvalue weighted by atomic mass is 9.94. The van der Waals surface area contributed by atoms with Gasteiger partial charge in [0.1, 0.15) is 11.3 Å².